The zero-order valence-corrected chi connectivity index (χ0v) is 12.0. The lowest BCUT2D eigenvalue weighted by Gasteiger charge is -2.38. The lowest BCUT2D eigenvalue weighted by atomic mass is 9.71. The molecule has 1 fully saturated rings. The molecule has 0 spiro atoms. The second-order valence-electron chi connectivity index (χ2n) is 4.69. The zero-order chi connectivity index (χ0) is 14.0. The quantitative estimate of drug-likeness (QED) is 0.628. The molecule has 5 heteroatoms. The highest BCUT2D eigenvalue weighted by atomic mass is 35.5. The van der Waals surface area contributed by atoms with Crippen molar-refractivity contribution in [3.05, 3.63) is 22.2 Å². The largest absolute Gasteiger partial charge is 0.496 e. The van der Waals surface area contributed by atoms with E-state index in [2.05, 4.69) is 4.99 Å². The van der Waals surface area contributed by atoms with Crippen molar-refractivity contribution in [1.82, 2.24) is 0 Å². The van der Waals surface area contributed by atoms with Gasteiger partial charge in [-0.25, -0.2) is 4.79 Å². The van der Waals surface area contributed by atoms with Gasteiger partial charge in [-0.05, 0) is 32.3 Å². The third kappa shape index (κ3) is 2.11. The summed E-state index contributed by atoms with van der Waals surface area (Å²) < 4.78 is 10.8. The Morgan fingerprint density at radius 1 is 1.32 bits per heavy atom. The van der Waals surface area contributed by atoms with Gasteiger partial charge in [-0.3, -0.25) is 0 Å². The lowest BCUT2D eigenvalue weighted by Crippen LogP contribution is -2.32. The number of hydrogen-bond donors (Lipinski definition) is 0. The highest BCUT2D eigenvalue weighted by molar-refractivity contribution is 6.32. The Labute approximate surface area is 117 Å². The van der Waals surface area contributed by atoms with Gasteiger partial charge in [0.1, 0.15) is 17.0 Å². The topological polar surface area (TPSA) is 47.9 Å². The number of nitrogens with zero attached hydrogens (tertiary/aromatic N) is 1. The van der Waals surface area contributed by atoms with Crippen LogP contribution in [-0.4, -0.2) is 20.3 Å². The predicted octanol–water partition coefficient (Wildman–Crippen LogP) is 3.38. The number of hydrogen-bond acceptors (Lipinski definition) is 4. The average molecular weight is 282 g/mol. The van der Waals surface area contributed by atoms with Crippen LogP contribution in [0.5, 0.6) is 11.5 Å². The summed E-state index contributed by atoms with van der Waals surface area (Å²) in [6.45, 7) is 1.88. The summed E-state index contributed by atoms with van der Waals surface area (Å²) in [6, 6.07) is 1.78. The van der Waals surface area contributed by atoms with Crippen molar-refractivity contribution < 1.29 is 14.3 Å². The van der Waals surface area contributed by atoms with Gasteiger partial charge in [-0.2, -0.15) is 4.99 Å². The van der Waals surface area contributed by atoms with Gasteiger partial charge in [-0.15, -0.1) is 0 Å². The number of benzene rings is 1. The van der Waals surface area contributed by atoms with Crippen LogP contribution in [0.3, 0.4) is 0 Å². The van der Waals surface area contributed by atoms with Gasteiger partial charge in [0.2, 0.25) is 6.08 Å². The van der Waals surface area contributed by atoms with Crippen LogP contribution in [-0.2, 0) is 10.3 Å². The Kier molecular flexibility index (Phi) is 3.83. The van der Waals surface area contributed by atoms with Crippen LogP contribution < -0.4 is 9.47 Å². The van der Waals surface area contributed by atoms with Gasteiger partial charge >= 0.3 is 0 Å². The number of carbonyl (C=O) groups excluding carboxylic acids is 1. The summed E-state index contributed by atoms with van der Waals surface area (Å²) >= 11 is 6.23. The van der Waals surface area contributed by atoms with Crippen molar-refractivity contribution in [2.24, 2.45) is 4.99 Å². The second kappa shape index (κ2) is 5.24. The predicted molar refractivity (Wildman–Crippen MR) is 72.9 cm³/mol. The third-order valence-corrected chi connectivity index (χ3v) is 4.04. The van der Waals surface area contributed by atoms with E-state index in [9.17, 15) is 4.79 Å². The SMILES string of the molecule is COc1c(Cl)cc(C2(N=C=O)CCC2)c(OC)c1C. The van der Waals surface area contributed by atoms with Gasteiger partial charge in [0.25, 0.3) is 0 Å². The molecule has 0 bridgehead atoms. The van der Waals surface area contributed by atoms with Gasteiger partial charge in [-0.1, -0.05) is 11.6 Å². The van der Waals surface area contributed by atoms with Crippen molar-refractivity contribution in [2.75, 3.05) is 14.2 Å². The summed E-state index contributed by atoms with van der Waals surface area (Å²) in [5.74, 6) is 1.27. The molecule has 1 aromatic carbocycles. The maximum absolute atomic E-state index is 10.7. The molecular formula is C14H16ClNO3. The Bertz CT molecular complexity index is 546. The summed E-state index contributed by atoms with van der Waals surface area (Å²) in [7, 11) is 3.16. The van der Waals surface area contributed by atoms with E-state index >= 15 is 0 Å². The molecule has 0 atom stereocenters. The van der Waals surface area contributed by atoms with E-state index in [1.54, 1.807) is 26.4 Å². The summed E-state index contributed by atoms with van der Waals surface area (Å²) in [5, 5.41) is 0.503. The van der Waals surface area contributed by atoms with Crippen molar-refractivity contribution in [1.29, 1.82) is 0 Å². The minimum absolute atomic E-state index is 0.503. The van der Waals surface area contributed by atoms with Crippen LogP contribution in [0.2, 0.25) is 5.02 Å². The lowest BCUT2D eigenvalue weighted by molar-refractivity contribution is 0.245. The molecular weight excluding hydrogens is 266 g/mol. The fraction of sp³-hybridized carbons (Fsp3) is 0.500. The molecule has 2 rings (SSSR count). The fourth-order valence-corrected chi connectivity index (χ4v) is 2.97. The molecule has 1 aliphatic carbocycles. The smallest absolute Gasteiger partial charge is 0.235 e. The molecule has 0 radical (unpaired) electrons. The summed E-state index contributed by atoms with van der Waals surface area (Å²) in [5.41, 5.74) is 1.13. The Balaban J connectivity index is 2.66. The third-order valence-electron chi connectivity index (χ3n) is 3.76. The standard InChI is InChI=1S/C14H16ClNO3/c1-9-12(18-2)10(7-11(15)13(9)19-3)14(16-8-17)5-4-6-14/h7H,4-6H2,1-3H3. The van der Waals surface area contributed by atoms with Crippen LogP contribution in [0.15, 0.2) is 11.1 Å². The van der Waals surface area contributed by atoms with Crippen LogP contribution in [0.1, 0.15) is 30.4 Å². The zero-order valence-electron chi connectivity index (χ0n) is 11.2. The molecule has 1 aliphatic rings. The fourth-order valence-electron chi connectivity index (χ4n) is 2.64. The molecule has 1 saturated carbocycles. The van der Waals surface area contributed by atoms with E-state index in [0.29, 0.717) is 16.5 Å². The number of halogens is 1. The van der Waals surface area contributed by atoms with E-state index < -0.39 is 5.54 Å². The van der Waals surface area contributed by atoms with Crippen molar-refractivity contribution >= 4 is 17.7 Å². The maximum Gasteiger partial charge on any atom is 0.235 e. The van der Waals surface area contributed by atoms with Crippen molar-refractivity contribution in [3.8, 4) is 11.5 Å². The van der Waals surface area contributed by atoms with Gasteiger partial charge in [0, 0.05) is 11.1 Å². The molecule has 0 saturated heterocycles. The second-order valence-corrected chi connectivity index (χ2v) is 5.09. The molecule has 0 N–H and O–H groups in total. The van der Waals surface area contributed by atoms with E-state index in [0.717, 1.165) is 30.4 Å². The summed E-state index contributed by atoms with van der Waals surface area (Å²) in [6.07, 6.45) is 4.31. The van der Waals surface area contributed by atoms with Crippen LogP contribution >= 0.6 is 11.6 Å². The maximum atomic E-state index is 10.7. The molecule has 0 unspecified atom stereocenters. The van der Waals surface area contributed by atoms with Crippen molar-refractivity contribution in [2.45, 2.75) is 31.7 Å². The molecule has 1 aromatic rings. The highest BCUT2D eigenvalue weighted by Crippen LogP contribution is 2.51. The highest BCUT2D eigenvalue weighted by Gasteiger charge is 2.42. The number of aliphatic imine (C=N–C) groups is 1. The number of ether oxygens (including phenoxy) is 2. The first kappa shape index (κ1) is 13.9. The number of methoxy groups -OCH3 is 2. The van der Waals surface area contributed by atoms with Gasteiger partial charge in [0.15, 0.2) is 0 Å². The number of rotatable bonds is 4. The van der Waals surface area contributed by atoms with Gasteiger partial charge < -0.3 is 9.47 Å². The van der Waals surface area contributed by atoms with Crippen LogP contribution in [0, 0.1) is 6.92 Å². The molecule has 0 aliphatic heterocycles. The first-order valence-corrected chi connectivity index (χ1v) is 6.48. The molecule has 0 heterocycles. The minimum atomic E-state index is -0.534. The Morgan fingerprint density at radius 2 is 1.95 bits per heavy atom. The molecule has 19 heavy (non-hydrogen) atoms. The van der Waals surface area contributed by atoms with Crippen molar-refractivity contribution in [3.63, 3.8) is 0 Å². The van der Waals surface area contributed by atoms with Crippen LogP contribution in [0.25, 0.3) is 0 Å². The van der Waals surface area contributed by atoms with E-state index in [4.69, 9.17) is 21.1 Å². The molecule has 0 amide bonds. The monoisotopic (exact) mass is 281 g/mol. The minimum Gasteiger partial charge on any atom is -0.496 e. The van der Waals surface area contributed by atoms with Crippen LogP contribution in [0.4, 0.5) is 0 Å². The van der Waals surface area contributed by atoms with Gasteiger partial charge in [0.05, 0.1) is 19.2 Å². The average Bonchev–Trinajstić information content (AvgIpc) is 2.34. The van der Waals surface area contributed by atoms with E-state index in [1.165, 1.54) is 0 Å². The number of isocyanates is 1. The summed E-state index contributed by atoms with van der Waals surface area (Å²) in [4.78, 5) is 14.7. The first-order chi connectivity index (χ1) is 9.09. The molecule has 102 valence electrons. The molecule has 0 aromatic heterocycles. The van der Waals surface area contributed by atoms with E-state index in [1.807, 2.05) is 6.92 Å². The van der Waals surface area contributed by atoms with E-state index in [-0.39, 0.29) is 0 Å². The Morgan fingerprint density at radius 3 is 2.37 bits per heavy atom. The molecule has 4 nitrogen and oxygen atoms in total. The Hall–Kier alpha value is -1.51. The normalized spacial score (nSPS) is 16.2. The first-order valence-electron chi connectivity index (χ1n) is 6.10.